The molecule has 82 valence electrons. The molecule has 1 fully saturated rings. The van der Waals surface area contributed by atoms with Crippen molar-refractivity contribution in [1.29, 1.82) is 0 Å². The third-order valence-corrected chi connectivity index (χ3v) is 4.48. The van der Waals surface area contributed by atoms with E-state index in [-0.39, 0.29) is 5.54 Å². The summed E-state index contributed by atoms with van der Waals surface area (Å²) in [7, 11) is 0. The standard InChI is InChI=1S/C12H16ClNS/c1-8-6-9(13)4-5-10(8)11-14-12(2,3)7-15-11/h4-6,11,14H,7H2,1-3H3. The molecule has 0 amide bonds. The van der Waals surface area contributed by atoms with Crippen LogP contribution in [0.25, 0.3) is 0 Å². The van der Waals surface area contributed by atoms with Gasteiger partial charge in [-0.2, -0.15) is 0 Å². The molecule has 1 aliphatic rings. The third kappa shape index (κ3) is 2.49. The Labute approximate surface area is 101 Å². The number of rotatable bonds is 1. The van der Waals surface area contributed by atoms with Crippen LogP contribution in [0.15, 0.2) is 18.2 Å². The van der Waals surface area contributed by atoms with Crippen LogP contribution in [0.1, 0.15) is 30.3 Å². The van der Waals surface area contributed by atoms with Crippen molar-refractivity contribution < 1.29 is 0 Å². The quantitative estimate of drug-likeness (QED) is 0.804. The summed E-state index contributed by atoms with van der Waals surface area (Å²) in [4.78, 5) is 0. The van der Waals surface area contributed by atoms with Crippen molar-refractivity contribution in [3.05, 3.63) is 34.3 Å². The van der Waals surface area contributed by atoms with E-state index in [0.717, 1.165) is 10.8 Å². The molecule has 1 aliphatic heterocycles. The molecular formula is C12H16ClNS. The van der Waals surface area contributed by atoms with Crippen molar-refractivity contribution in [1.82, 2.24) is 5.32 Å². The second-order valence-electron chi connectivity index (χ2n) is 4.72. The third-order valence-electron chi connectivity index (χ3n) is 2.65. The molecule has 1 saturated heterocycles. The molecule has 3 heteroatoms. The minimum Gasteiger partial charge on any atom is -0.296 e. The zero-order chi connectivity index (χ0) is 11.1. The molecule has 2 rings (SSSR count). The number of thioether (sulfide) groups is 1. The minimum absolute atomic E-state index is 0.238. The summed E-state index contributed by atoms with van der Waals surface area (Å²) in [6, 6.07) is 6.13. The van der Waals surface area contributed by atoms with E-state index in [0.29, 0.717) is 5.37 Å². The van der Waals surface area contributed by atoms with Gasteiger partial charge in [0.1, 0.15) is 0 Å². The van der Waals surface area contributed by atoms with E-state index in [2.05, 4.69) is 32.2 Å². The molecule has 1 nitrogen and oxygen atoms in total. The minimum atomic E-state index is 0.238. The lowest BCUT2D eigenvalue weighted by Crippen LogP contribution is -2.36. The van der Waals surface area contributed by atoms with E-state index in [9.17, 15) is 0 Å². The molecule has 0 aromatic heterocycles. The summed E-state index contributed by atoms with van der Waals surface area (Å²) in [6.45, 7) is 6.60. The Kier molecular flexibility index (Phi) is 3.02. The van der Waals surface area contributed by atoms with Gasteiger partial charge < -0.3 is 0 Å². The first-order valence-corrected chi connectivity index (χ1v) is 6.56. The van der Waals surface area contributed by atoms with Crippen molar-refractivity contribution in [2.24, 2.45) is 0 Å². The average Bonchev–Trinajstić information content (AvgIpc) is 2.46. The topological polar surface area (TPSA) is 12.0 Å². The first kappa shape index (κ1) is 11.3. The normalized spacial score (nSPS) is 24.4. The highest BCUT2D eigenvalue weighted by atomic mass is 35.5. The number of hydrogen-bond donors (Lipinski definition) is 1. The van der Waals surface area contributed by atoms with Crippen LogP contribution in [0.5, 0.6) is 0 Å². The smallest absolute Gasteiger partial charge is 0.0796 e. The number of aryl methyl sites for hydroxylation is 1. The zero-order valence-corrected chi connectivity index (χ0v) is 10.9. The van der Waals surface area contributed by atoms with Crippen LogP contribution in [-0.4, -0.2) is 11.3 Å². The van der Waals surface area contributed by atoms with Crippen LogP contribution >= 0.6 is 23.4 Å². The first-order chi connectivity index (χ1) is 6.98. The Morgan fingerprint density at radius 3 is 2.73 bits per heavy atom. The van der Waals surface area contributed by atoms with Gasteiger partial charge in [0.2, 0.25) is 0 Å². The molecule has 1 heterocycles. The van der Waals surface area contributed by atoms with Crippen molar-refractivity contribution in [2.75, 3.05) is 5.75 Å². The highest BCUT2D eigenvalue weighted by molar-refractivity contribution is 7.99. The van der Waals surface area contributed by atoms with Gasteiger partial charge in [-0.15, -0.1) is 11.8 Å². The van der Waals surface area contributed by atoms with E-state index < -0.39 is 0 Å². The van der Waals surface area contributed by atoms with Crippen LogP contribution in [0.3, 0.4) is 0 Å². The first-order valence-electron chi connectivity index (χ1n) is 5.13. The van der Waals surface area contributed by atoms with E-state index in [1.165, 1.54) is 11.1 Å². The fraction of sp³-hybridized carbons (Fsp3) is 0.500. The second-order valence-corrected chi connectivity index (χ2v) is 6.25. The van der Waals surface area contributed by atoms with Gasteiger partial charge in [0, 0.05) is 16.3 Å². The molecule has 1 aromatic carbocycles. The van der Waals surface area contributed by atoms with Gasteiger partial charge >= 0.3 is 0 Å². The summed E-state index contributed by atoms with van der Waals surface area (Å²) < 4.78 is 0. The van der Waals surface area contributed by atoms with Crippen LogP contribution < -0.4 is 5.32 Å². The summed E-state index contributed by atoms with van der Waals surface area (Å²) in [5, 5.41) is 4.86. The molecule has 1 N–H and O–H groups in total. The SMILES string of the molecule is Cc1cc(Cl)ccc1C1NC(C)(C)CS1. The lowest BCUT2D eigenvalue weighted by atomic mass is 10.1. The van der Waals surface area contributed by atoms with Crippen LogP contribution in [0, 0.1) is 6.92 Å². The second kappa shape index (κ2) is 4.00. The van der Waals surface area contributed by atoms with Crippen LogP contribution in [0.2, 0.25) is 5.02 Å². The van der Waals surface area contributed by atoms with E-state index >= 15 is 0 Å². The summed E-state index contributed by atoms with van der Waals surface area (Å²) in [6.07, 6.45) is 0. The molecule has 0 bridgehead atoms. The fourth-order valence-electron chi connectivity index (χ4n) is 1.83. The van der Waals surface area contributed by atoms with Crippen LogP contribution in [0.4, 0.5) is 0 Å². The Morgan fingerprint density at radius 2 is 2.20 bits per heavy atom. The number of benzene rings is 1. The number of halogens is 1. The van der Waals surface area contributed by atoms with Gasteiger partial charge in [0.25, 0.3) is 0 Å². The number of nitrogens with one attached hydrogen (secondary N) is 1. The van der Waals surface area contributed by atoms with Crippen molar-refractivity contribution in [3.63, 3.8) is 0 Å². The van der Waals surface area contributed by atoms with E-state index in [4.69, 9.17) is 11.6 Å². The summed E-state index contributed by atoms with van der Waals surface area (Å²) >= 11 is 7.92. The largest absolute Gasteiger partial charge is 0.296 e. The van der Waals surface area contributed by atoms with Crippen LogP contribution in [-0.2, 0) is 0 Å². The Bertz CT molecular complexity index is 376. The maximum absolute atomic E-state index is 5.95. The molecular weight excluding hydrogens is 226 g/mol. The van der Waals surface area contributed by atoms with Gasteiger partial charge in [-0.1, -0.05) is 17.7 Å². The molecule has 0 radical (unpaired) electrons. The monoisotopic (exact) mass is 241 g/mol. The maximum Gasteiger partial charge on any atom is 0.0796 e. The van der Waals surface area contributed by atoms with Crippen molar-refractivity contribution >= 4 is 23.4 Å². The van der Waals surface area contributed by atoms with E-state index in [1.54, 1.807) is 0 Å². The summed E-state index contributed by atoms with van der Waals surface area (Å²) in [5.41, 5.74) is 2.86. The molecule has 1 atom stereocenters. The zero-order valence-electron chi connectivity index (χ0n) is 9.30. The molecule has 0 spiro atoms. The lowest BCUT2D eigenvalue weighted by Gasteiger charge is -2.20. The maximum atomic E-state index is 5.95. The Balaban J connectivity index is 2.24. The highest BCUT2D eigenvalue weighted by Crippen LogP contribution is 2.38. The van der Waals surface area contributed by atoms with Crippen molar-refractivity contribution in [3.8, 4) is 0 Å². The predicted octanol–water partition coefficient (Wildman–Crippen LogP) is 3.76. The van der Waals surface area contributed by atoms with Gasteiger partial charge in [0.05, 0.1) is 5.37 Å². The fourth-order valence-corrected chi connectivity index (χ4v) is 3.57. The average molecular weight is 242 g/mol. The van der Waals surface area contributed by atoms with Gasteiger partial charge in [-0.3, -0.25) is 5.32 Å². The molecule has 0 saturated carbocycles. The number of hydrogen-bond acceptors (Lipinski definition) is 2. The van der Waals surface area contributed by atoms with Gasteiger partial charge in [-0.25, -0.2) is 0 Å². The summed E-state index contributed by atoms with van der Waals surface area (Å²) in [5.74, 6) is 1.15. The molecule has 0 aliphatic carbocycles. The van der Waals surface area contributed by atoms with Crippen molar-refractivity contribution in [2.45, 2.75) is 31.7 Å². The predicted molar refractivity (Wildman–Crippen MR) is 68.6 cm³/mol. The van der Waals surface area contributed by atoms with Gasteiger partial charge in [0.15, 0.2) is 0 Å². The Hall–Kier alpha value is -0.180. The van der Waals surface area contributed by atoms with E-state index in [1.807, 2.05) is 23.9 Å². The molecule has 1 aromatic rings. The lowest BCUT2D eigenvalue weighted by molar-refractivity contribution is 0.451. The molecule has 15 heavy (non-hydrogen) atoms. The van der Waals surface area contributed by atoms with Gasteiger partial charge in [-0.05, 0) is 44.0 Å². The highest BCUT2D eigenvalue weighted by Gasteiger charge is 2.31. The Morgan fingerprint density at radius 1 is 1.47 bits per heavy atom. The molecule has 1 unspecified atom stereocenters.